The van der Waals surface area contributed by atoms with Crippen LogP contribution in [0.4, 0.5) is 4.79 Å². The molecule has 2 heterocycles. The SMILES string of the molecule is CC(C)(C)OC(=O)Cn1c(SCC2CCCN(C(=O)OC(C)(C)C)C2)nc2ccccc21. The number of rotatable bonds is 5. The van der Waals surface area contributed by atoms with Crippen LogP contribution in [0.15, 0.2) is 29.4 Å². The fourth-order valence-electron chi connectivity index (χ4n) is 3.71. The van der Waals surface area contributed by atoms with Gasteiger partial charge in [0.25, 0.3) is 0 Å². The van der Waals surface area contributed by atoms with Crippen LogP contribution in [0, 0.1) is 5.92 Å². The molecule has 1 amide bonds. The molecule has 1 saturated heterocycles. The quantitative estimate of drug-likeness (QED) is 0.455. The highest BCUT2D eigenvalue weighted by atomic mass is 32.2. The predicted molar refractivity (Wildman–Crippen MR) is 127 cm³/mol. The first-order valence-corrected chi connectivity index (χ1v) is 12.2. The molecular weight excluding hydrogens is 426 g/mol. The second kappa shape index (κ2) is 9.73. The Labute approximate surface area is 194 Å². The topological polar surface area (TPSA) is 73.7 Å². The number of thioether (sulfide) groups is 1. The molecule has 1 aromatic carbocycles. The zero-order valence-corrected chi connectivity index (χ0v) is 20.8. The van der Waals surface area contributed by atoms with Crippen molar-refractivity contribution in [3.05, 3.63) is 24.3 Å². The minimum atomic E-state index is -0.534. The van der Waals surface area contributed by atoms with Crippen molar-refractivity contribution in [3.63, 3.8) is 0 Å². The Bertz CT molecular complexity index is 958. The van der Waals surface area contributed by atoms with E-state index in [4.69, 9.17) is 14.5 Å². The number of likely N-dealkylation sites (tertiary alicyclic amines) is 1. The van der Waals surface area contributed by atoms with Crippen molar-refractivity contribution in [1.29, 1.82) is 0 Å². The van der Waals surface area contributed by atoms with Crippen molar-refractivity contribution < 1.29 is 19.1 Å². The number of benzene rings is 1. The molecule has 2 aromatic rings. The van der Waals surface area contributed by atoms with Gasteiger partial charge in [-0.2, -0.15) is 0 Å². The van der Waals surface area contributed by atoms with Crippen molar-refractivity contribution in [3.8, 4) is 0 Å². The lowest BCUT2D eigenvalue weighted by atomic mass is 10.0. The van der Waals surface area contributed by atoms with Crippen LogP contribution in [-0.4, -0.2) is 56.6 Å². The number of imidazole rings is 1. The molecule has 1 atom stereocenters. The number of para-hydroxylation sites is 2. The monoisotopic (exact) mass is 461 g/mol. The van der Waals surface area contributed by atoms with Crippen LogP contribution in [0.3, 0.4) is 0 Å². The number of ether oxygens (including phenoxy) is 2. The van der Waals surface area contributed by atoms with Crippen LogP contribution < -0.4 is 0 Å². The maximum atomic E-state index is 12.5. The minimum Gasteiger partial charge on any atom is -0.459 e. The Balaban J connectivity index is 1.69. The van der Waals surface area contributed by atoms with Crippen molar-refractivity contribution in [2.24, 2.45) is 5.92 Å². The highest BCUT2D eigenvalue weighted by molar-refractivity contribution is 7.99. The molecule has 0 bridgehead atoms. The molecule has 0 saturated carbocycles. The molecule has 0 aliphatic carbocycles. The van der Waals surface area contributed by atoms with Crippen LogP contribution in [0.5, 0.6) is 0 Å². The van der Waals surface area contributed by atoms with Crippen molar-refractivity contribution in [2.45, 2.75) is 77.3 Å². The van der Waals surface area contributed by atoms with E-state index in [0.29, 0.717) is 12.5 Å². The molecule has 1 aromatic heterocycles. The fourth-order valence-corrected chi connectivity index (χ4v) is 4.84. The molecule has 0 spiro atoms. The zero-order chi connectivity index (χ0) is 23.5. The third-order valence-electron chi connectivity index (χ3n) is 4.95. The third kappa shape index (κ3) is 6.89. The molecule has 0 radical (unpaired) electrons. The van der Waals surface area contributed by atoms with Crippen molar-refractivity contribution in [1.82, 2.24) is 14.5 Å². The van der Waals surface area contributed by atoms with Crippen molar-refractivity contribution >= 4 is 34.9 Å². The highest BCUT2D eigenvalue weighted by Crippen LogP contribution is 2.29. The number of carbonyl (C=O) groups is 2. The zero-order valence-electron chi connectivity index (χ0n) is 20.0. The first-order chi connectivity index (χ1) is 14.9. The van der Waals surface area contributed by atoms with E-state index in [0.717, 1.165) is 41.3 Å². The summed E-state index contributed by atoms with van der Waals surface area (Å²) in [6.45, 7) is 12.8. The van der Waals surface area contributed by atoms with Gasteiger partial charge in [0.1, 0.15) is 17.7 Å². The van der Waals surface area contributed by atoms with Crippen LogP contribution >= 0.6 is 11.8 Å². The van der Waals surface area contributed by atoms with Crippen LogP contribution in [0.25, 0.3) is 11.0 Å². The van der Waals surface area contributed by atoms with Gasteiger partial charge in [-0.05, 0) is 72.4 Å². The number of amides is 1. The van der Waals surface area contributed by atoms with Gasteiger partial charge < -0.3 is 18.9 Å². The van der Waals surface area contributed by atoms with Gasteiger partial charge in [-0.25, -0.2) is 9.78 Å². The van der Waals surface area contributed by atoms with E-state index >= 15 is 0 Å². The molecule has 1 aliphatic heterocycles. The summed E-state index contributed by atoms with van der Waals surface area (Å²) in [4.78, 5) is 31.6. The largest absolute Gasteiger partial charge is 0.459 e. The molecule has 1 aliphatic rings. The smallest absolute Gasteiger partial charge is 0.410 e. The lowest BCUT2D eigenvalue weighted by molar-refractivity contribution is -0.155. The summed E-state index contributed by atoms with van der Waals surface area (Å²) in [5, 5.41) is 0.798. The van der Waals surface area contributed by atoms with E-state index < -0.39 is 11.2 Å². The number of fused-ring (bicyclic) bond motifs is 1. The number of aromatic nitrogens is 2. The average molecular weight is 462 g/mol. The number of nitrogens with zero attached hydrogens (tertiary/aromatic N) is 3. The van der Waals surface area contributed by atoms with E-state index in [9.17, 15) is 9.59 Å². The second-order valence-corrected chi connectivity index (χ2v) is 11.3. The van der Waals surface area contributed by atoms with E-state index in [1.54, 1.807) is 11.8 Å². The molecule has 7 nitrogen and oxygen atoms in total. The molecule has 3 rings (SSSR count). The third-order valence-corrected chi connectivity index (χ3v) is 6.15. The Morgan fingerprint density at radius 3 is 2.47 bits per heavy atom. The highest BCUT2D eigenvalue weighted by Gasteiger charge is 2.28. The van der Waals surface area contributed by atoms with E-state index in [1.165, 1.54) is 0 Å². The number of esters is 1. The summed E-state index contributed by atoms with van der Waals surface area (Å²) in [7, 11) is 0. The normalized spacial score (nSPS) is 17.4. The van der Waals surface area contributed by atoms with Gasteiger partial charge in [0.15, 0.2) is 5.16 Å². The second-order valence-electron chi connectivity index (χ2n) is 10.3. The summed E-state index contributed by atoms with van der Waals surface area (Å²) in [5.74, 6) is 0.879. The fraction of sp³-hybridized carbons (Fsp3) is 0.625. The minimum absolute atomic E-state index is 0.120. The first-order valence-electron chi connectivity index (χ1n) is 11.2. The predicted octanol–water partition coefficient (Wildman–Crippen LogP) is 5.12. The molecule has 1 unspecified atom stereocenters. The molecule has 8 heteroatoms. The first kappa shape index (κ1) is 24.4. The summed E-state index contributed by atoms with van der Waals surface area (Å²) in [6, 6.07) is 7.82. The number of carbonyl (C=O) groups excluding carboxylic acids is 2. The average Bonchev–Trinajstić information content (AvgIpc) is 3.01. The van der Waals surface area contributed by atoms with Gasteiger partial charge in [0, 0.05) is 18.8 Å². The van der Waals surface area contributed by atoms with Gasteiger partial charge in [-0.1, -0.05) is 23.9 Å². The molecule has 1 fully saturated rings. The van der Waals surface area contributed by atoms with E-state index in [2.05, 4.69) is 0 Å². The summed E-state index contributed by atoms with van der Waals surface area (Å²) < 4.78 is 13.0. The molecule has 176 valence electrons. The van der Waals surface area contributed by atoms with E-state index in [-0.39, 0.29) is 18.6 Å². The summed E-state index contributed by atoms with van der Waals surface area (Å²) in [5.41, 5.74) is 0.747. The lowest BCUT2D eigenvalue weighted by Crippen LogP contribution is -2.43. The van der Waals surface area contributed by atoms with Gasteiger partial charge in [0.2, 0.25) is 0 Å². The van der Waals surface area contributed by atoms with Gasteiger partial charge in [-0.15, -0.1) is 0 Å². The van der Waals surface area contributed by atoms with Crippen LogP contribution in [0.2, 0.25) is 0 Å². The Hall–Kier alpha value is -2.22. The van der Waals surface area contributed by atoms with E-state index in [1.807, 2.05) is 75.3 Å². The summed E-state index contributed by atoms with van der Waals surface area (Å²) >= 11 is 1.63. The maximum Gasteiger partial charge on any atom is 0.410 e. The van der Waals surface area contributed by atoms with Gasteiger partial charge >= 0.3 is 12.1 Å². The summed E-state index contributed by atoms with van der Waals surface area (Å²) in [6.07, 6.45) is 1.77. The Morgan fingerprint density at radius 2 is 1.78 bits per heavy atom. The van der Waals surface area contributed by atoms with Gasteiger partial charge in [0.05, 0.1) is 11.0 Å². The lowest BCUT2D eigenvalue weighted by Gasteiger charge is -2.34. The van der Waals surface area contributed by atoms with Gasteiger partial charge in [-0.3, -0.25) is 4.79 Å². The number of hydrogen-bond donors (Lipinski definition) is 0. The Morgan fingerprint density at radius 1 is 1.09 bits per heavy atom. The van der Waals surface area contributed by atoms with Crippen LogP contribution in [-0.2, 0) is 20.8 Å². The number of hydrogen-bond acceptors (Lipinski definition) is 6. The maximum absolute atomic E-state index is 12.5. The van der Waals surface area contributed by atoms with Crippen molar-refractivity contribution in [2.75, 3.05) is 18.8 Å². The molecule has 0 N–H and O–H groups in total. The molecule has 32 heavy (non-hydrogen) atoms. The number of piperidine rings is 1. The molecular formula is C24H35N3O4S. The standard InChI is InChI=1S/C24H35N3O4S/c1-23(2,3)30-20(28)15-27-19-12-8-7-11-18(19)25-21(27)32-16-17-10-9-13-26(14-17)22(29)31-24(4,5)6/h7-8,11-12,17H,9-10,13-16H2,1-6H3. The Kier molecular flexibility index (Phi) is 7.43. The van der Waals surface area contributed by atoms with Crippen LogP contribution in [0.1, 0.15) is 54.4 Å².